The van der Waals surface area contributed by atoms with Crippen LogP contribution in [0.25, 0.3) is 0 Å². The Morgan fingerprint density at radius 2 is 1.80 bits per heavy atom. The lowest BCUT2D eigenvalue weighted by molar-refractivity contribution is 0.0160. The lowest BCUT2D eigenvalue weighted by atomic mass is 9.96. The minimum atomic E-state index is 0.450. The van der Waals surface area contributed by atoms with Gasteiger partial charge in [-0.1, -0.05) is 6.92 Å². The third-order valence-electron chi connectivity index (χ3n) is 4.61. The lowest BCUT2D eigenvalue weighted by Gasteiger charge is -2.34. The third kappa shape index (κ3) is 5.32. The highest BCUT2D eigenvalue weighted by Crippen LogP contribution is 2.23. The molecule has 2 unspecified atom stereocenters. The van der Waals surface area contributed by atoms with Crippen molar-refractivity contribution in [3.8, 4) is 0 Å². The standard InChI is InChI=1S/C16H33N3O/c1-4-17-11-15-5-6-16(20-15)13-19-9-7-14(8-10-19)12-18(2)3/h14-17H,4-13H2,1-3H3. The second-order valence-corrected chi connectivity index (χ2v) is 6.77. The number of hydrogen-bond acceptors (Lipinski definition) is 4. The molecule has 118 valence electrons. The summed E-state index contributed by atoms with van der Waals surface area (Å²) in [5.74, 6) is 0.896. The molecule has 2 heterocycles. The molecule has 0 aliphatic carbocycles. The van der Waals surface area contributed by atoms with Gasteiger partial charge in [-0.05, 0) is 65.3 Å². The Labute approximate surface area is 124 Å². The molecule has 2 atom stereocenters. The van der Waals surface area contributed by atoms with E-state index in [0.717, 1.165) is 25.6 Å². The highest BCUT2D eigenvalue weighted by Gasteiger charge is 2.28. The van der Waals surface area contributed by atoms with Crippen LogP contribution in [0.5, 0.6) is 0 Å². The van der Waals surface area contributed by atoms with E-state index in [1.165, 1.54) is 45.3 Å². The van der Waals surface area contributed by atoms with Gasteiger partial charge in [0.05, 0.1) is 12.2 Å². The van der Waals surface area contributed by atoms with Crippen LogP contribution in [0.1, 0.15) is 32.6 Å². The molecule has 0 spiro atoms. The average molecular weight is 283 g/mol. The molecular formula is C16H33N3O. The van der Waals surface area contributed by atoms with E-state index in [1.807, 2.05) is 0 Å². The molecule has 2 saturated heterocycles. The number of rotatable bonds is 7. The number of hydrogen-bond donors (Lipinski definition) is 1. The van der Waals surface area contributed by atoms with E-state index in [4.69, 9.17) is 4.74 Å². The molecule has 0 radical (unpaired) electrons. The smallest absolute Gasteiger partial charge is 0.0707 e. The first-order chi connectivity index (χ1) is 9.67. The predicted octanol–water partition coefficient (Wildman–Crippen LogP) is 1.42. The number of nitrogens with one attached hydrogen (secondary N) is 1. The van der Waals surface area contributed by atoms with E-state index >= 15 is 0 Å². The van der Waals surface area contributed by atoms with Crippen molar-refractivity contribution in [1.82, 2.24) is 15.1 Å². The van der Waals surface area contributed by atoms with Gasteiger partial charge in [0.15, 0.2) is 0 Å². The highest BCUT2D eigenvalue weighted by atomic mass is 16.5. The fraction of sp³-hybridized carbons (Fsp3) is 1.00. The van der Waals surface area contributed by atoms with Crippen LogP contribution < -0.4 is 5.32 Å². The predicted molar refractivity (Wildman–Crippen MR) is 84.2 cm³/mol. The van der Waals surface area contributed by atoms with Crippen LogP contribution in [0.3, 0.4) is 0 Å². The van der Waals surface area contributed by atoms with Gasteiger partial charge in [-0.15, -0.1) is 0 Å². The van der Waals surface area contributed by atoms with Gasteiger partial charge < -0.3 is 19.9 Å². The average Bonchev–Trinajstić information content (AvgIpc) is 2.86. The Morgan fingerprint density at radius 1 is 1.10 bits per heavy atom. The number of piperidine rings is 1. The highest BCUT2D eigenvalue weighted by molar-refractivity contribution is 4.80. The zero-order chi connectivity index (χ0) is 14.4. The van der Waals surface area contributed by atoms with Crippen molar-refractivity contribution < 1.29 is 4.74 Å². The Kier molecular flexibility index (Phi) is 6.75. The second kappa shape index (κ2) is 8.32. The number of nitrogens with zero attached hydrogens (tertiary/aromatic N) is 2. The van der Waals surface area contributed by atoms with Crippen molar-refractivity contribution in [1.29, 1.82) is 0 Å². The minimum Gasteiger partial charge on any atom is -0.372 e. The maximum atomic E-state index is 6.15. The Morgan fingerprint density at radius 3 is 2.45 bits per heavy atom. The number of likely N-dealkylation sites (tertiary alicyclic amines) is 1. The fourth-order valence-electron chi connectivity index (χ4n) is 3.53. The molecule has 4 nitrogen and oxygen atoms in total. The summed E-state index contributed by atoms with van der Waals surface area (Å²) in [6.07, 6.45) is 6.11. The van der Waals surface area contributed by atoms with E-state index in [9.17, 15) is 0 Å². The van der Waals surface area contributed by atoms with Crippen LogP contribution in [-0.4, -0.2) is 75.4 Å². The summed E-state index contributed by atoms with van der Waals surface area (Å²) in [4.78, 5) is 4.94. The maximum Gasteiger partial charge on any atom is 0.0707 e. The summed E-state index contributed by atoms with van der Waals surface area (Å²) >= 11 is 0. The fourth-order valence-corrected chi connectivity index (χ4v) is 3.53. The van der Waals surface area contributed by atoms with Crippen molar-refractivity contribution in [2.75, 3.05) is 53.4 Å². The van der Waals surface area contributed by atoms with E-state index in [1.54, 1.807) is 0 Å². The molecular weight excluding hydrogens is 250 g/mol. The normalized spacial score (nSPS) is 29.4. The molecule has 1 N–H and O–H groups in total. The first kappa shape index (κ1) is 16.2. The van der Waals surface area contributed by atoms with Crippen LogP contribution in [0.15, 0.2) is 0 Å². The SMILES string of the molecule is CCNCC1CCC(CN2CCC(CN(C)C)CC2)O1. The summed E-state index contributed by atoms with van der Waals surface area (Å²) in [6, 6.07) is 0. The summed E-state index contributed by atoms with van der Waals surface area (Å²) in [5.41, 5.74) is 0. The van der Waals surface area contributed by atoms with Crippen LogP contribution in [0.2, 0.25) is 0 Å². The molecule has 2 aliphatic heterocycles. The van der Waals surface area contributed by atoms with Crippen LogP contribution >= 0.6 is 0 Å². The number of ether oxygens (including phenoxy) is 1. The Bertz CT molecular complexity index is 264. The first-order valence-electron chi connectivity index (χ1n) is 8.40. The molecule has 2 fully saturated rings. The Hall–Kier alpha value is -0.160. The third-order valence-corrected chi connectivity index (χ3v) is 4.61. The topological polar surface area (TPSA) is 27.7 Å². The molecule has 0 saturated carbocycles. The van der Waals surface area contributed by atoms with Gasteiger partial charge in [-0.2, -0.15) is 0 Å². The largest absolute Gasteiger partial charge is 0.372 e. The van der Waals surface area contributed by atoms with Gasteiger partial charge in [-0.25, -0.2) is 0 Å². The summed E-state index contributed by atoms with van der Waals surface area (Å²) in [7, 11) is 4.37. The molecule has 0 amide bonds. The van der Waals surface area contributed by atoms with Crippen LogP contribution in [0.4, 0.5) is 0 Å². The van der Waals surface area contributed by atoms with E-state index < -0.39 is 0 Å². The molecule has 20 heavy (non-hydrogen) atoms. The molecule has 0 aromatic carbocycles. The lowest BCUT2D eigenvalue weighted by Crippen LogP contribution is -2.41. The van der Waals surface area contributed by atoms with Gasteiger partial charge in [-0.3, -0.25) is 0 Å². The van der Waals surface area contributed by atoms with Gasteiger partial charge in [0.25, 0.3) is 0 Å². The number of likely N-dealkylation sites (N-methyl/N-ethyl adjacent to an activating group) is 1. The molecule has 2 aliphatic rings. The summed E-state index contributed by atoms with van der Waals surface area (Å²) < 4.78 is 6.15. The van der Waals surface area contributed by atoms with Gasteiger partial charge in [0.1, 0.15) is 0 Å². The van der Waals surface area contributed by atoms with Crippen molar-refractivity contribution in [3.05, 3.63) is 0 Å². The molecule has 0 aromatic heterocycles. The zero-order valence-corrected chi connectivity index (χ0v) is 13.6. The molecule has 2 rings (SSSR count). The van der Waals surface area contributed by atoms with Crippen molar-refractivity contribution in [2.45, 2.75) is 44.8 Å². The van der Waals surface area contributed by atoms with Gasteiger partial charge in [0.2, 0.25) is 0 Å². The van der Waals surface area contributed by atoms with Crippen LogP contribution in [-0.2, 0) is 4.74 Å². The van der Waals surface area contributed by atoms with Gasteiger partial charge >= 0.3 is 0 Å². The summed E-state index contributed by atoms with van der Waals surface area (Å²) in [5, 5.41) is 3.40. The first-order valence-corrected chi connectivity index (χ1v) is 8.40. The van der Waals surface area contributed by atoms with Crippen molar-refractivity contribution in [3.63, 3.8) is 0 Å². The van der Waals surface area contributed by atoms with Crippen molar-refractivity contribution >= 4 is 0 Å². The monoisotopic (exact) mass is 283 g/mol. The second-order valence-electron chi connectivity index (χ2n) is 6.77. The molecule has 0 bridgehead atoms. The maximum absolute atomic E-state index is 6.15. The van der Waals surface area contributed by atoms with Gasteiger partial charge in [0, 0.05) is 19.6 Å². The van der Waals surface area contributed by atoms with E-state index in [-0.39, 0.29) is 0 Å². The van der Waals surface area contributed by atoms with Crippen molar-refractivity contribution in [2.24, 2.45) is 5.92 Å². The quantitative estimate of drug-likeness (QED) is 0.765. The van der Waals surface area contributed by atoms with E-state index in [0.29, 0.717) is 12.2 Å². The molecule has 4 heteroatoms. The van der Waals surface area contributed by atoms with Crippen LogP contribution in [0, 0.1) is 5.92 Å². The Balaban J connectivity index is 1.61. The minimum absolute atomic E-state index is 0.450. The summed E-state index contributed by atoms with van der Waals surface area (Å²) in [6.45, 7) is 9.15. The molecule has 0 aromatic rings. The zero-order valence-electron chi connectivity index (χ0n) is 13.6. The van der Waals surface area contributed by atoms with E-state index in [2.05, 4.69) is 36.1 Å².